The molecule has 0 amide bonds. The van der Waals surface area contributed by atoms with Crippen molar-refractivity contribution in [1.29, 1.82) is 0 Å². The van der Waals surface area contributed by atoms with Gasteiger partial charge in [-0.1, -0.05) is 29.8 Å². The van der Waals surface area contributed by atoms with Crippen molar-refractivity contribution in [3.63, 3.8) is 0 Å². The van der Waals surface area contributed by atoms with E-state index in [1.54, 1.807) is 0 Å². The molecule has 0 aliphatic heterocycles. The van der Waals surface area contributed by atoms with E-state index >= 15 is 0 Å². The van der Waals surface area contributed by atoms with E-state index in [1.165, 1.54) is 6.21 Å². The average molecular weight is 337 g/mol. The van der Waals surface area contributed by atoms with Crippen molar-refractivity contribution in [3.8, 4) is 0 Å². The van der Waals surface area contributed by atoms with Crippen molar-refractivity contribution < 1.29 is 9.90 Å². The summed E-state index contributed by atoms with van der Waals surface area (Å²) in [6.45, 7) is 3.93. The number of Topliss-reactive ketones (excluding diaryl/α,β-unsaturated/α-hetero) is 1. The highest BCUT2D eigenvalue weighted by Crippen LogP contribution is 2.35. The standard InChI is InChI=1S/C15H17BrN2O2/c1-15(2)7-13(19)12(14(20)8-15)9-17-18-11-5-3-10(16)4-6-11/h3-6,9,18-19H,7-8H2,1-2H3/b17-9+. The third kappa shape index (κ3) is 3.70. The van der Waals surface area contributed by atoms with Gasteiger partial charge in [0.15, 0.2) is 5.78 Å². The van der Waals surface area contributed by atoms with Gasteiger partial charge in [0, 0.05) is 17.3 Å². The van der Waals surface area contributed by atoms with E-state index in [1.807, 2.05) is 38.1 Å². The molecule has 5 heteroatoms. The first kappa shape index (κ1) is 14.8. The van der Waals surface area contributed by atoms with E-state index in [0.717, 1.165) is 10.2 Å². The largest absolute Gasteiger partial charge is 0.511 e. The van der Waals surface area contributed by atoms with E-state index in [4.69, 9.17) is 0 Å². The number of hydrogen-bond acceptors (Lipinski definition) is 4. The summed E-state index contributed by atoms with van der Waals surface area (Å²) in [6, 6.07) is 7.51. The van der Waals surface area contributed by atoms with Crippen LogP contribution in [-0.4, -0.2) is 17.1 Å². The van der Waals surface area contributed by atoms with Gasteiger partial charge >= 0.3 is 0 Å². The third-order valence-electron chi connectivity index (χ3n) is 3.13. The SMILES string of the molecule is CC1(C)CC(=O)C(/C=N/Nc2ccc(Br)cc2)=C(O)C1. The minimum absolute atomic E-state index is 0.0693. The smallest absolute Gasteiger partial charge is 0.168 e. The van der Waals surface area contributed by atoms with Crippen LogP contribution in [0, 0.1) is 5.41 Å². The summed E-state index contributed by atoms with van der Waals surface area (Å²) in [6.07, 6.45) is 2.32. The Morgan fingerprint density at radius 3 is 2.55 bits per heavy atom. The van der Waals surface area contributed by atoms with Crippen molar-refractivity contribution in [1.82, 2.24) is 0 Å². The number of nitrogens with one attached hydrogen (secondary N) is 1. The number of aliphatic hydroxyl groups is 1. The summed E-state index contributed by atoms with van der Waals surface area (Å²) in [7, 11) is 0. The molecule has 0 radical (unpaired) electrons. The van der Waals surface area contributed by atoms with E-state index < -0.39 is 0 Å². The van der Waals surface area contributed by atoms with Gasteiger partial charge in [0.25, 0.3) is 0 Å². The van der Waals surface area contributed by atoms with Gasteiger partial charge in [0.05, 0.1) is 17.5 Å². The molecule has 0 saturated heterocycles. The van der Waals surface area contributed by atoms with Crippen LogP contribution >= 0.6 is 15.9 Å². The molecule has 0 heterocycles. The molecule has 1 aromatic carbocycles. The van der Waals surface area contributed by atoms with Crippen molar-refractivity contribution in [2.75, 3.05) is 5.43 Å². The summed E-state index contributed by atoms with van der Waals surface area (Å²) in [5.74, 6) is 0.0488. The van der Waals surface area contributed by atoms with Gasteiger partial charge in [-0.05, 0) is 29.7 Å². The Morgan fingerprint density at radius 2 is 1.95 bits per heavy atom. The van der Waals surface area contributed by atoms with Crippen LogP contribution in [0.2, 0.25) is 0 Å². The fourth-order valence-corrected chi connectivity index (χ4v) is 2.41. The van der Waals surface area contributed by atoms with Crippen LogP contribution in [-0.2, 0) is 4.79 Å². The van der Waals surface area contributed by atoms with Crippen molar-refractivity contribution in [2.24, 2.45) is 10.5 Å². The van der Waals surface area contributed by atoms with Crippen LogP contribution in [0.25, 0.3) is 0 Å². The Hall–Kier alpha value is -1.62. The van der Waals surface area contributed by atoms with Gasteiger partial charge in [-0.25, -0.2) is 0 Å². The first-order chi connectivity index (χ1) is 9.37. The van der Waals surface area contributed by atoms with Crippen LogP contribution < -0.4 is 5.43 Å². The number of allylic oxidation sites excluding steroid dienone is 2. The molecule has 0 saturated carbocycles. The zero-order valence-electron chi connectivity index (χ0n) is 11.5. The molecule has 1 aliphatic carbocycles. The minimum atomic E-state index is -0.183. The van der Waals surface area contributed by atoms with Gasteiger partial charge < -0.3 is 5.11 Å². The highest BCUT2D eigenvalue weighted by atomic mass is 79.9. The van der Waals surface area contributed by atoms with Crippen molar-refractivity contribution in [2.45, 2.75) is 26.7 Å². The number of hydrazone groups is 1. The first-order valence-corrected chi connectivity index (χ1v) is 7.17. The fraction of sp³-hybridized carbons (Fsp3) is 0.333. The molecule has 4 nitrogen and oxygen atoms in total. The molecule has 0 bridgehead atoms. The fourth-order valence-electron chi connectivity index (χ4n) is 2.14. The summed E-state index contributed by atoms with van der Waals surface area (Å²) < 4.78 is 0.983. The number of aliphatic hydroxyl groups excluding tert-OH is 1. The quantitative estimate of drug-likeness (QED) is 0.646. The van der Waals surface area contributed by atoms with Gasteiger partial charge in [-0.3, -0.25) is 10.2 Å². The van der Waals surface area contributed by atoms with E-state index in [0.29, 0.717) is 18.4 Å². The number of rotatable bonds is 3. The first-order valence-electron chi connectivity index (χ1n) is 6.37. The molecule has 0 fully saturated rings. The molecule has 0 aromatic heterocycles. The molecule has 1 aromatic rings. The maximum atomic E-state index is 12.0. The van der Waals surface area contributed by atoms with Gasteiger partial charge in [-0.15, -0.1) is 0 Å². The lowest BCUT2D eigenvalue weighted by Crippen LogP contribution is -2.26. The molecule has 2 rings (SSSR count). The normalized spacial score (nSPS) is 18.6. The monoisotopic (exact) mass is 336 g/mol. The zero-order chi connectivity index (χ0) is 14.8. The Bertz CT molecular complexity index is 574. The van der Waals surface area contributed by atoms with Crippen LogP contribution in [0.1, 0.15) is 26.7 Å². The summed E-state index contributed by atoms with van der Waals surface area (Å²) in [4.78, 5) is 12.0. The second-order valence-corrected chi connectivity index (χ2v) is 6.59. The molecule has 0 spiro atoms. The van der Waals surface area contributed by atoms with E-state index in [-0.39, 0.29) is 17.0 Å². The second kappa shape index (κ2) is 5.79. The molecular formula is C15H17BrN2O2. The number of anilines is 1. The molecule has 2 N–H and O–H groups in total. The Morgan fingerprint density at radius 1 is 1.30 bits per heavy atom. The second-order valence-electron chi connectivity index (χ2n) is 5.68. The average Bonchev–Trinajstić information content (AvgIpc) is 2.33. The van der Waals surface area contributed by atoms with Crippen LogP contribution in [0.15, 0.2) is 45.2 Å². The third-order valence-corrected chi connectivity index (χ3v) is 3.66. The number of hydrogen-bond donors (Lipinski definition) is 2. The lowest BCUT2D eigenvalue weighted by Gasteiger charge is -2.28. The minimum Gasteiger partial charge on any atom is -0.511 e. The maximum Gasteiger partial charge on any atom is 0.168 e. The summed E-state index contributed by atoms with van der Waals surface area (Å²) in [5, 5.41) is 14.0. The summed E-state index contributed by atoms with van der Waals surface area (Å²) >= 11 is 3.35. The number of ketones is 1. The van der Waals surface area contributed by atoms with Crippen LogP contribution in [0.3, 0.4) is 0 Å². The van der Waals surface area contributed by atoms with Crippen LogP contribution in [0.4, 0.5) is 5.69 Å². The number of nitrogens with zero attached hydrogens (tertiary/aromatic N) is 1. The molecular weight excluding hydrogens is 320 g/mol. The Labute approximate surface area is 126 Å². The number of halogens is 1. The van der Waals surface area contributed by atoms with E-state index in [2.05, 4.69) is 26.5 Å². The molecule has 20 heavy (non-hydrogen) atoms. The lowest BCUT2D eigenvalue weighted by molar-refractivity contribution is -0.117. The van der Waals surface area contributed by atoms with Gasteiger partial charge in [-0.2, -0.15) is 5.10 Å². The van der Waals surface area contributed by atoms with Crippen molar-refractivity contribution >= 4 is 33.6 Å². The predicted octanol–water partition coefficient (Wildman–Crippen LogP) is 4.05. The maximum absolute atomic E-state index is 12.0. The highest BCUT2D eigenvalue weighted by molar-refractivity contribution is 9.10. The lowest BCUT2D eigenvalue weighted by atomic mass is 9.77. The molecule has 0 unspecified atom stereocenters. The number of benzene rings is 1. The van der Waals surface area contributed by atoms with E-state index in [9.17, 15) is 9.90 Å². The zero-order valence-corrected chi connectivity index (χ0v) is 13.1. The number of carbonyl (C=O) groups is 1. The Kier molecular flexibility index (Phi) is 4.28. The number of carbonyl (C=O) groups excluding carboxylic acids is 1. The predicted molar refractivity (Wildman–Crippen MR) is 83.9 cm³/mol. The van der Waals surface area contributed by atoms with Crippen LogP contribution in [0.5, 0.6) is 0 Å². The van der Waals surface area contributed by atoms with Gasteiger partial charge in [0.1, 0.15) is 5.76 Å². The molecule has 106 valence electrons. The van der Waals surface area contributed by atoms with Gasteiger partial charge in [0.2, 0.25) is 0 Å². The molecule has 1 aliphatic rings. The van der Waals surface area contributed by atoms with Crippen molar-refractivity contribution in [3.05, 3.63) is 40.1 Å². The topological polar surface area (TPSA) is 61.7 Å². The highest BCUT2D eigenvalue weighted by Gasteiger charge is 2.32. The molecule has 0 atom stereocenters. The summed E-state index contributed by atoms with van der Waals surface area (Å²) in [5.41, 5.74) is 3.76. The Balaban J connectivity index is 2.07.